The largest absolute Gasteiger partial charge is 0.337 e. The number of rotatable bonds is 1. The maximum atomic E-state index is 4.34. The minimum absolute atomic E-state index is 0.485. The Morgan fingerprint density at radius 3 is 3.08 bits per heavy atom. The zero-order chi connectivity index (χ0) is 8.39. The Balaban J connectivity index is 2.13. The van der Waals surface area contributed by atoms with Crippen LogP contribution in [0.3, 0.4) is 0 Å². The van der Waals surface area contributed by atoms with Gasteiger partial charge in [-0.2, -0.15) is 0 Å². The maximum absolute atomic E-state index is 4.34. The second kappa shape index (κ2) is 3.27. The van der Waals surface area contributed by atoms with Crippen LogP contribution in [0.1, 0.15) is 31.1 Å². The van der Waals surface area contributed by atoms with Gasteiger partial charge in [-0.3, -0.25) is 0 Å². The van der Waals surface area contributed by atoms with Crippen molar-refractivity contribution in [2.45, 2.75) is 25.3 Å². The second-order valence-electron chi connectivity index (χ2n) is 3.40. The Labute approximate surface area is 72.8 Å². The molecule has 1 atom stereocenters. The van der Waals surface area contributed by atoms with Gasteiger partial charge in [-0.1, -0.05) is 6.42 Å². The number of hydrogen-bond donors (Lipinski definition) is 1. The Kier molecular flexibility index (Phi) is 2.13. The zero-order valence-electron chi connectivity index (χ0n) is 7.45. The van der Waals surface area contributed by atoms with Gasteiger partial charge in [0.05, 0.1) is 6.04 Å². The SMILES string of the molecule is Cn1ccnc1[C@H]1CCCCN1. The van der Waals surface area contributed by atoms with Crippen molar-refractivity contribution < 1.29 is 0 Å². The Hall–Kier alpha value is -0.830. The van der Waals surface area contributed by atoms with Crippen LogP contribution in [-0.2, 0) is 7.05 Å². The molecule has 0 saturated carbocycles. The van der Waals surface area contributed by atoms with Gasteiger partial charge in [0.15, 0.2) is 0 Å². The van der Waals surface area contributed by atoms with E-state index in [-0.39, 0.29) is 0 Å². The van der Waals surface area contributed by atoms with Gasteiger partial charge in [-0.15, -0.1) is 0 Å². The molecule has 1 saturated heterocycles. The van der Waals surface area contributed by atoms with Crippen LogP contribution < -0.4 is 5.32 Å². The maximum Gasteiger partial charge on any atom is 0.125 e. The summed E-state index contributed by atoms with van der Waals surface area (Å²) in [6, 6.07) is 0.485. The molecule has 0 bridgehead atoms. The molecule has 2 heterocycles. The van der Waals surface area contributed by atoms with Crippen LogP contribution in [0.25, 0.3) is 0 Å². The molecular weight excluding hydrogens is 150 g/mol. The van der Waals surface area contributed by atoms with Crippen molar-refractivity contribution in [2.24, 2.45) is 7.05 Å². The van der Waals surface area contributed by atoms with Gasteiger partial charge >= 0.3 is 0 Å². The highest BCUT2D eigenvalue weighted by Gasteiger charge is 2.17. The van der Waals surface area contributed by atoms with Crippen LogP contribution in [0.15, 0.2) is 12.4 Å². The smallest absolute Gasteiger partial charge is 0.125 e. The van der Waals surface area contributed by atoms with Crippen molar-refractivity contribution in [3.63, 3.8) is 0 Å². The van der Waals surface area contributed by atoms with Gasteiger partial charge in [0.25, 0.3) is 0 Å². The summed E-state index contributed by atoms with van der Waals surface area (Å²) in [5.74, 6) is 1.18. The van der Waals surface area contributed by atoms with Crippen LogP contribution in [0, 0.1) is 0 Å². The molecule has 66 valence electrons. The molecule has 0 amide bonds. The van der Waals surface area contributed by atoms with Crippen LogP contribution in [-0.4, -0.2) is 16.1 Å². The van der Waals surface area contributed by atoms with E-state index in [0.717, 1.165) is 6.54 Å². The lowest BCUT2D eigenvalue weighted by atomic mass is 10.0. The Morgan fingerprint density at radius 1 is 1.58 bits per heavy atom. The number of hydrogen-bond acceptors (Lipinski definition) is 2. The summed E-state index contributed by atoms with van der Waals surface area (Å²) in [5.41, 5.74) is 0. The number of nitrogens with zero attached hydrogens (tertiary/aromatic N) is 2. The molecule has 1 aromatic heterocycles. The van der Waals surface area contributed by atoms with Gasteiger partial charge in [0, 0.05) is 19.4 Å². The number of aryl methyl sites for hydroxylation is 1. The predicted octanol–water partition coefficient (Wildman–Crippen LogP) is 1.23. The Bertz CT molecular complexity index is 248. The van der Waals surface area contributed by atoms with Gasteiger partial charge < -0.3 is 9.88 Å². The first-order valence-electron chi connectivity index (χ1n) is 4.58. The first kappa shape index (κ1) is 7.80. The number of piperidine rings is 1. The lowest BCUT2D eigenvalue weighted by Gasteiger charge is -2.22. The highest BCUT2D eigenvalue weighted by Crippen LogP contribution is 2.20. The van der Waals surface area contributed by atoms with Crippen molar-refractivity contribution in [3.8, 4) is 0 Å². The van der Waals surface area contributed by atoms with Gasteiger partial charge in [0.1, 0.15) is 5.82 Å². The van der Waals surface area contributed by atoms with Crippen LogP contribution in [0.5, 0.6) is 0 Å². The highest BCUT2D eigenvalue weighted by atomic mass is 15.1. The molecule has 0 aliphatic carbocycles. The lowest BCUT2D eigenvalue weighted by molar-refractivity contribution is 0.390. The van der Waals surface area contributed by atoms with E-state index in [0.29, 0.717) is 6.04 Å². The summed E-state index contributed by atoms with van der Waals surface area (Å²) >= 11 is 0. The average molecular weight is 165 g/mol. The fourth-order valence-electron chi connectivity index (χ4n) is 1.79. The lowest BCUT2D eigenvalue weighted by Crippen LogP contribution is -2.28. The molecule has 3 nitrogen and oxygen atoms in total. The van der Waals surface area contributed by atoms with E-state index in [1.54, 1.807) is 0 Å². The molecule has 1 aliphatic heterocycles. The molecule has 0 unspecified atom stereocenters. The third-order valence-electron chi connectivity index (χ3n) is 2.48. The molecule has 1 aliphatic rings. The minimum atomic E-state index is 0.485. The van der Waals surface area contributed by atoms with Crippen LogP contribution in [0.2, 0.25) is 0 Å². The summed E-state index contributed by atoms with van der Waals surface area (Å²) in [6.45, 7) is 1.14. The third kappa shape index (κ3) is 1.37. The molecule has 1 aromatic rings. The first-order valence-corrected chi connectivity index (χ1v) is 4.58. The third-order valence-corrected chi connectivity index (χ3v) is 2.48. The molecule has 1 N–H and O–H groups in total. The Morgan fingerprint density at radius 2 is 2.50 bits per heavy atom. The van der Waals surface area contributed by atoms with Gasteiger partial charge in [-0.25, -0.2) is 4.98 Å². The standard InChI is InChI=1S/C9H15N3/c1-12-7-6-11-9(12)8-4-2-3-5-10-8/h6-8,10H,2-5H2,1H3/t8-/m1/s1. The van der Waals surface area contributed by atoms with Crippen LogP contribution >= 0.6 is 0 Å². The van der Waals surface area contributed by atoms with E-state index in [1.807, 2.05) is 12.4 Å². The van der Waals surface area contributed by atoms with E-state index in [4.69, 9.17) is 0 Å². The molecule has 0 spiro atoms. The number of nitrogens with one attached hydrogen (secondary N) is 1. The van der Waals surface area contributed by atoms with E-state index >= 15 is 0 Å². The topological polar surface area (TPSA) is 29.9 Å². The van der Waals surface area contributed by atoms with Crippen molar-refractivity contribution in [1.29, 1.82) is 0 Å². The van der Waals surface area contributed by atoms with E-state index in [9.17, 15) is 0 Å². The predicted molar refractivity (Wildman–Crippen MR) is 47.8 cm³/mol. The minimum Gasteiger partial charge on any atom is -0.337 e. The summed E-state index contributed by atoms with van der Waals surface area (Å²) in [4.78, 5) is 4.34. The van der Waals surface area contributed by atoms with Crippen molar-refractivity contribution in [3.05, 3.63) is 18.2 Å². The van der Waals surface area contributed by atoms with E-state index < -0.39 is 0 Å². The monoisotopic (exact) mass is 165 g/mol. The fraction of sp³-hybridized carbons (Fsp3) is 0.667. The fourth-order valence-corrected chi connectivity index (χ4v) is 1.79. The quantitative estimate of drug-likeness (QED) is 0.678. The molecule has 3 heteroatoms. The van der Waals surface area contributed by atoms with E-state index in [1.165, 1.54) is 25.1 Å². The van der Waals surface area contributed by atoms with Crippen molar-refractivity contribution in [2.75, 3.05) is 6.54 Å². The number of imidazole rings is 1. The zero-order valence-corrected chi connectivity index (χ0v) is 7.45. The van der Waals surface area contributed by atoms with Crippen molar-refractivity contribution in [1.82, 2.24) is 14.9 Å². The van der Waals surface area contributed by atoms with Gasteiger partial charge in [0.2, 0.25) is 0 Å². The van der Waals surface area contributed by atoms with Gasteiger partial charge in [-0.05, 0) is 19.4 Å². The molecule has 1 fully saturated rings. The molecule has 0 radical (unpaired) electrons. The summed E-state index contributed by atoms with van der Waals surface area (Å²) in [5, 5.41) is 3.48. The molecule has 12 heavy (non-hydrogen) atoms. The normalized spacial score (nSPS) is 24.2. The average Bonchev–Trinajstić information content (AvgIpc) is 2.53. The summed E-state index contributed by atoms with van der Waals surface area (Å²) < 4.78 is 2.10. The van der Waals surface area contributed by atoms with E-state index in [2.05, 4.69) is 21.9 Å². The molecular formula is C9H15N3. The highest BCUT2D eigenvalue weighted by molar-refractivity contribution is 4.99. The molecule has 0 aromatic carbocycles. The summed E-state index contributed by atoms with van der Waals surface area (Å²) in [6.07, 6.45) is 7.73. The molecule has 2 rings (SSSR count). The second-order valence-corrected chi connectivity index (χ2v) is 3.40. The van der Waals surface area contributed by atoms with Crippen LogP contribution in [0.4, 0.5) is 0 Å². The first-order chi connectivity index (χ1) is 5.88. The number of aromatic nitrogens is 2. The van der Waals surface area contributed by atoms with Crippen molar-refractivity contribution >= 4 is 0 Å². The summed E-state index contributed by atoms with van der Waals surface area (Å²) in [7, 11) is 2.05.